The van der Waals surface area contributed by atoms with E-state index >= 15 is 0 Å². The van der Waals surface area contributed by atoms with Crippen molar-refractivity contribution >= 4 is 5.91 Å². The van der Waals surface area contributed by atoms with Gasteiger partial charge < -0.3 is 23.9 Å². The molecular weight excluding hydrogens is 286 g/mol. The molecule has 0 radical (unpaired) electrons. The van der Waals surface area contributed by atoms with E-state index in [2.05, 4.69) is 5.32 Å². The molecule has 2 saturated heterocycles. The van der Waals surface area contributed by atoms with Crippen LogP contribution in [0.15, 0.2) is 22.8 Å². The van der Waals surface area contributed by atoms with Crippen molar-refractivity contribution in [1.29, 1.82) is 0 Å². The second-order valence-corrected chi connectivity index (χ2v) is 5.70. The predicted octanol–water partition coefficient (Wildman–Crippen LogP) is 1.64. The third kappa shape index (κ3) is 4.32. The van der Waals surface area contributed by atoms with Gasteiger partial charge in [0.2, 0.25) is 5.91 Å². The van der Waals surface area contributed by atoms with E-state index in [-0.39, 0.29) is 24.4 Å². The molecule has 2 aliphatic heterocycles. The third-order valence-corrected chi connectivity index (χ3v) is 4.06. The maximum Gasteiger partial charge on any atom is 0.220 e. The summed E-state index contributed by atoms with van der Waals surface area (Å²) in [5.74, 6) is 0.950. The standard InChI is InChI=1S/C16H23NO5/c18-15(17-8-7-12-2-1-9-19-12)6-4-13-3-5-14(22-13)16-20-10-11-21-16/h1-2,9,13-14,16H,3-8,10-11H2,(H,17,18). The molecule has 1 aromatic rings. The van der Waals surface area contributed by atoms with Crippen LogP contribution in [0.5, 0.6) is 0 Å². The number of amides is 1. The lowest BCUT2D eigenvalue weighted by atomic mass is 10.1. The maximum atomic E-state index is 11.8. The molecule has 2 aliphatic rings. The van der Waals surface area contributed by atoms with Gasteiger partial charge in [-0.2, -0.15) is 0 Å². The van der Waals surface area contributed by atoms with E-state index in [1.165, 1.54) is 0 Å². The fourth-order valence-corrected chi connectivity index (χ4v) is 2.90. The van der Waals surface area contributed by atoms with Crippen molar-refractivity contribution in [2.45, 2.75) is 50.6 Å². The van der Waals surface area contributed by atoms with E-state index < -0.39 is 0 Å². The average molecular weight is 309 g/mol. The Morgan fingerprint density at radius 3 is 2.91 bits per heavy atom. The molecular formula is C16H23NO5. The number of rotatable bonds is 7. The zero-order valence-electron chi connectivity index (χ0n) is 12.7. The molecule has 1 N–H and O–H groups in total. The second-order valence-electron chi connectivity index (χ2n) is 5.70. The molecule has 1 aromatic heterocycles. The van der Waals surface area contributed by atoms with Crippen molar-refractivity contribution in [3.8, 4) is 0 Å². The molecule has 1 amide bonds. The van der Waals surface area contributed by atoms with Crippen LogP contribution in [-0.2, 0) is 25.4 Å². The van der Waals surface area contributed by atoms with Crippen LogP contribution >= 0.6 is 0 Å². The molecule has 0 aliphatic carbocycles. The largest absolute Gasteiger partial charge is 0.469 e. The summed E-state index contributed by atoms with van der Waals surface area (Å²) < 4.78 is 22.1. The van der Waals surface area contributed by atoms with Crippen LogP contribution in [0.25, 0.3) is 0 Å². The van der Waals surface area contributed by atoms with Crippen LogP contribution in [0.3, 0.4) is 0 Å². The quantitative estimate of drug-likeness (QED) is 0.829. The summed E-state index contributed by atoms with van der Waals surface area (Å²) in [6.07, 6.45) is 5.44. The Kier molecular flexibility index (Phi) is 5.48. The van der Waals surface area contributed by atoms with E-state index in [4.69, 9.17) is 18.6 Å². The van der Waals surface area contributed by atoms with Gasteiger partial charge in [0.05, 0.1) is 25.6 Å². The second kappa shape index (κ2) is 7.76. The first kappa shape index (κ1) is 15.5. The minimum atomic E-state index is -0.216. The Labute approximate surface area is 130 Å². The highest BCUT2D eigenvalue weighted by Crippen LogP contribution is 2.28. The minimum absolute atomic E-state index is 0.0227. The van der Waals surface area contributed by atoms with Crippen LogP contribution in [0.2, 0.25) is 0 Å². The fourth-order valence-electron chi connectivity index (χ4n) is 2.90. The van der Waals surface area contributed by atoms with Gasteiger partial charge in [0.25, 0.3) is 0 Å². The Hall–Kier alpha value is -1.37. The molecule has 6 nitrogen and oxygen atoms in total. The van der Waals surface area contributed by atoms with Gasteiger partial charge in [-0.1, -0.05) is 0 Å². The molecule has 0 aromatic carbocycles. The predicted molar refractivity (Wildman–Crippen MR) is 78.2 cm³/mol. The minimum Gasteiger partial charge on any atom is -0.469 e. The van der Waals surface area contributed by atoms with Gasteiger partial charge in [0.1, 0.15) is 11.9 Å². The summed E-state index contributed by atoms with van der Waals surface area (Å²) in [5, 5.41) is 2.91. The van der Waals surface area contributed by atoms with Gasteiger partial charge >= 0.3 is 0 Å². The normalized spacial score (nSPS) is 25.6. The first-order valence-corrected chi connectivity index (χ1v) is 7.99. The van der Waals surface area contributed by atoms with Crippen LogP contribution in [0.1, 0.15) is 31.4 Å². The van der Waals surface area contributed by atoms with Gasteiger partial charge in [0.15, 0.2) is 6.29 Å². The third-order valence-electron chi connectivity index (χ3n) is 4.06. The number of ether oxygens (including phenoxy) is 3. The van der Waals surface area contributed by atoms with Crippen molar-refractivity contribution in [1.82, 2.24) is 5.32 Å². The number of carbonyl (C=O) groups is 1. The van der Waals surface area contributed by atoms with E-state index in [9.17, 15) is 4.79 Å². The van der Waals surface area contributed by atoms with Gasteiger partial charge in [-0.05, 0) is 31.4 Å². The Balaban J connectivity index is 1.28. The van der Waals surface area contributed by atoms with Crippen molar-refractivity contribution in [2.24, 2.45) is 0 Å². The zero-order chi connectivity index (χ0) is 15.2. The van der Waals surface area contributed by atoms with Crippen LogP contribution in [-0.4, -0.2) is 44.2 Å². The lowest BCUT2D eigenvalue weighted by Gasteiger charge is -2.18. The molecule has 0 saturated carbocycles. The summed E-state index contributed by atoms with van der Waals surface area (Å²) in [6.45, 7) is 1.89. The number of nitrogens with one attached hydrogen (secondary N) is 1. The number of furan rings is 1. The first-order chi connectivity index (χ1) is 10.8. The molecule has 6 heteroatoms. The molecule has 22 heavy (non-hydrogen) atoms. The van der Waals surface area contributed by atoms with Crippen molar-refractivity contribution < 1.29 is 23.4 Å². The van der Waals surface area contributed by atoms with Crippen LogP contribution < -0.4 is 5.32 Å². The number of hydrogen-bond acceptors (Lipinski definition) is 5. The SMILES string of the molecule is O=C(CCC1CCC(C2OCCO2)O1)NCCc1ccco1. The van der Waals surface area contributed by atoms with Crippen LogP contribution in [0.4, 0.5) is 0 Å². The molecule has 3 heterocycles. The summed E-state index contributed by atoms with van der Waals surface area (Å²) in [5.41, 5.74) is 0. The fraction of sp³-hybridized carbons (Fsp3) is 0.688. The zero-order valence-corrected chi connectivity index (χ0v) is 12.7. The number of carbonyl (C=O) groups excluding carboxylic acids is 1. The van der Waals surface area contributed by atoms with Gasteiger partial charge in [0, 0.05) is 19.4 Å². The van der Waals surface area contributed by atoms with Crippen molar-refractivity contribution in [2.75, 3.05) is 19.8 Å². The summed E-state index contributed by atoms with van der Waals surface area (Å²) >= 11 is 0. The lowest BCUT2D eigenvalue weighted by molar-refractivity contribution is -0.139. The van der Waals surface area contributed by atoms with Gasteiger partial charge in [-0.3, -0.25) is 4.79 Å². The maximum absolute atomic E-state index is 11.8. The molecule has 122 valence electrons. The van der Waals surface area contributed by atoms with Gasteiger partial charge in [-0.25, -0.2) is 0 Å². The summed E-state index contributed by atoms with van der Waals surface area (Å²) in [6, 6.07) is 3.76. The molecule has 2 atom stereocenters. The van der Waals surface area contributed by atoms with E-state index in [0.29, 0.717) is 26.2 Å². The van der Waals surface area contributed by atoms with Gasteiger partial charge in [-0.15, -0.1) is 0 Å². The Morgan fingerprint density at radius 1 is 1.27 bits per heavy atom. The van der Waals surface area contributed by atoms with E-state index in [1.807, 2.05) is 12.1 Å². The number of hydrogen-bond donors (Lipinski definition) is 1. The smallest absolute Gasteiger partial charge is 0.220 e. The lowest BCUT2D eigenvalue weighted by Crippen LogP contribution is -2.28. The highest BCUT2D eigenvalue weighted by molar-refractivity contribution is 5.75. The molecule has 2 unspecified atom stereocenters. The average Bonchev–Trinajstić information content (AvgIpc) is 3.26. The van der Waals surface area contributed by atoms with Crippen LogP contribution in [0, 0.1) is 0 Å². The molecule has 2 fully saturated rings. The highest BCUT2D eigenvalue weighted by Gasteiger charge is 2.34. The monoisotopic (exact) mass is 309 g/mol. The Bertz CT molecular complexity index is 455. The van der Waals surface area contributed by atoms with Crippen molar-refractivity contribution in [3.63, 3.8) is 0 Å². The summed E-state index contributed by atoms with van der Waals surface area (Å²) in [7, 11) is 0. The van der Waals surface area contributed by atoms with E-state index in [0.717, 1.165) is 31.4 Å². The Morgan fingerprint density at radius 2 is 2.14 bits per heavy atom. The first-order valence-electron chi connectivity index (χ1n) is 7.99. The van der Waals surface area contributed by atoms with Crippen molar-refractivity contribution in [3.05, 3.63) is 24.2 Å². The highest BCUT2D eigenvalue weighted by atomic mass is 16.7. The van der Waals surface area contributed by atoms with E-state index in [1.54, 1.807) is 6.26 Å². The molecule has 3 rings (SSSR count). The topological polar surface area (TPSA) is 69.9 Å². The molecule has 0 spiro atoms. The summed E-state index contributed by atoms with van der Waals surface area (Å²) in [4.78, 5) is 11.8. The molecule has 0 bridgehead atoms.